The number of hydrogen-bond acceptors (Lipinski definition) is 4. The molecule has 0 saturated carbocycles. The van der Waals surface area contributed by atoms with Crippen LogP contribution in [0, 0.1) is 0 Å². The second kappa shape index (κ2) is 6.76. The van der Waals surface area contributed by atoms with Gasteiger partial charge in [0.25, 0.3) is 0 Å². The molecule has 0 amide bonds. The number of carbonyl (C=O) groups is 2. The number of carbonyl (C=O) groups excluding carboxylic acids is 2. The van der Waals surface area contributed by atoms with Crippen molar-refractivity contribution in [3.8, 4) is 0 Å². The van der Waals surface area contributed by atoms with Crippen LogP contribution in [0.4, 0.5) is 0 Å². The highest BCUT2D eigenvalue weighted by molar-refractivity contribution is 5.78. The molecule has 0 aliphatic carbocycles. The van der Waals surface area contributed by atoms with Gasteiger partial charge in [0.2, 0.25) is 0 Å². The molecule has 0 aromatic carbocycles. The number of ether oxygens (including phenoxy) is 2. The Labute approximate surface area is 110 Å². The Hall–Kier alpha value is -1.06. The van der Waals surface area contributed by atoms with Crippen LogP contribution >= 0.6 is 0 Å². The molecule has 106 valence electrons. The smallest absolute Gasteiger partial charge is 0.306 e. The minimum Gasteiger partial charge on any atom is -0.460 e. The fraction of sp³-hybridized carbons (Fsp3) is 0.857. The summed E-state index contributed by atoms with van der Waals surface area (Å²) in [5, 5.41) is 0. The minimum absolute atomic E-state index is 0.0715. The van der Waals surface area contributed by atoms with Gasteiger partial charge in [0.05, 0.1) is 12.8 Å². The Balaban J connectivity index is 4.04. The van der Waals surface area contributed by atoms with Crippen molar-refractivity contribution in [3.05, 3.63) is 0 Å². The molecule has 0 unspecified atom stereocenters. The molecule has 0 aromatic heterocycles. The lowest BCUT2D eigenvalue weighted by Crippen LogP contribution is -2.29. The van der Waals surface area contributed by atoms with Crippen molar-refractivity contribution >= 4 is 11.9 Å². The molecule has 0 spiro atoms. The molecule has 0 aliphatic rings. The Morgan fingerprint density at radius 2 is 1.06 bits per heavy atom. The van der Waals surface area contributed by atoms with E-state index in [0.29, 0.717) is 0 Å². The molecule has 4 heteroatoms. The maximum atomic E-state index is 11.5. The molecule has 0 rings (SSSR count). The Bertz CT molecular complexity index is 262. The van der Waals surface area contributed by atoms with Gasteiger partial charge in [0.15, 0.2) is 0 Å². The summed E-state index contributed by atoms with van der Waals surface area (Å²) in [6.07, 6.45) is 1.63. The van der Waals surface area contributed by atoms with Crippen LogP contribution in [0.3, 0.4) is 0 Å². The van der Waals surface area contributed by atoms with Gasteiger partial charge in [-0.25, -0.2) is 0 Å². The van der Waals surface area contributed by atoms with E-state index in [0.717, 1.165) is 12.8 Å². The third kappa shape index (κ3) is 7.30. The summed E-state index contributed by atoms with van der Waals surface area (Å²) in [5.41, 5.74) is -0.937. The fourth-order valence-corrected chi connectivity index (χ4v) is 1.07. The third-order valence-electron chi connectivity index (χ3n) is 3.02. The fourth-order valence-electron chi connectivity index (χ4n) is 1.07. The summed E-state index contributed by atoms with van der Waals surface area (Å²) in [5.74, 6) is -0.707. The molecule has 4 nitrogen and oxygen atoms in total. The van der Waals surface area contributed by atoms with Crippen LogP contribution in [0.5, 0.6) is 0 Å². The summed E-state index contributed by atoms with van der Waals surface area (Å²) in [7, 11) is 0. The first kappa shape index (κ1) is 16.9. The van der Waals surface area contributed by atoms with Gasteiger partial charge in [0, 0.05) is 0 Å². The lowest BCUT2D eigenvalue weighted by molar-refractivity contribution is -0.164. The molecule has 0 aromatic rings. The summed E-state index contributed by atoms with van der Waals surface area (Å²) in [6, 6.07) is 0. The first-order valence-electron chi connectivity index (χ1n) is 6.55. The maximum absolute atomic E-state index is 11.5. The van der Waals surface area contributed by atoms with Gasteiger partial charge < -0.3 is 9.47 Å². The Morgan fingerprint density at radius 3 is 1.28 bits per heavy atom. The van der Waals surface area contributed by atoms with E-state index in [4.69, 9.17) is 9.47 Å². The van der Waals surface area contributed by atoms with Gasteiger partial charge in [-0.3, -0.25) is 9.59 Å². The molecule has 0 saturated heterocycles. The number of hydrogen-bond donors (Lipinski definition) is 0. The lowest BCUT2D eigenvalue weighted by Gasteiger charge is -2.24. The molecular formula is C14H26O4. The summed E-state index contributed by atoms with van der Waals surface area (Å²) in [4.78, 5) is 23.1. The van der Waals surface area contributed by atoms with Gasteiger partial charge in [-0.1, -0.05) is 13.8 Å². The third-order valence-corrected chi connectivity index (χ3v) is 3.02. The predicted molar refractivity (Wildman–Crippen MR) is 70.2 cm³/mol. The zero-order valence-corrected chi connectivity index (χ0v) is 12.5. The largest absolute Gasteiger partial charge is 0.460 e. The highest BCUT2D eigenvalue weighted by Gasteiger charge is 2.23. The second-order valence-corrected chi connectivity index (χ2v) is 5.67. The predicted octanol–water partition coefficient (Wildman–Crippen LogP) is 3.23. The van der Waals surface area contributed by atoms with Crippen molar-refractivity contribution in [2.24, 2.45) is 0 Å². The van der Waals surface area contributed by atoms with Crippen LogP contribution in [-0.2, 0) is 19.1 Å². The van der Waals surface area contributed by atoms with Crippen molar-refractivity contribution in [1.29, 1.82) is 0 Å². The molecule has 0 atom stereocenters. The van der Waals surface area contributed by atoms with Crippen LogP contribution in [-0.4, -0.2) is 23.1 Å². The van der Waals surface area contributed by atoms with Crippen molar-refractivity contribution in [3.63, 3.8) is 0 Å². The van der Waals surface area contributed by atoms with E-state index in [1.807, 2.05) is 41.5 Å². The molecule has 18 heavy (non-hydrogen) atoms. The van der Waals surface area contributed by atoms with E-state index in [2.05, 4.69) is 0 Å². The summed E-state index contributed by atoms with van der Waals surface area (Å²) < 4.78 is 10.5. The van der Waals surface area contributed by atoms with Gasteiger partial charge >= 0.3 is 11.9 Å². The monoisotopic (exact) mass is 258 g/mol. The first-order valence-corrected chi connectivity index (χ1v) is 6.55. The van der Waals surface area contributed by atoms with E-state index < -0.39 is 11.2 Å². The molecule has 0 heterocycles. The van der Waals surface area contributed by atoms with Gasteiger partial charge in [0.1, 0.15) is 11.2 Å². The highest BCUT2D eigenvalue weighted by Crippen LogP contribution is 2.17. The quantitative estimate of drug-likeness (QED) is 0.658. The van der Waals surface area contributed by atoms with Crippen LogP contribution in [0.1, 0.15) is 67.2 Å². The first-order chi connectivity index (χ1) is 8.12. The lowest BCUT2D eigenvalue weighted by atomic mass is 10.1. The van der Waals surface area contributed by atoms with E-state index in [1.54, 1.807) is 0 Å². The van der Waals surface area contributed by atoms with E-state index in [-0.39, 0.29) is 24.8 Å². The van der Waals surface area contributed by atoms with Crippen LogP contribution < -0.4 is 0 Å². The standard InChI is InChI=1S/C14H26O4/c1-7-13(3,4)17-11(15)9-10-12(16)18-14(5,6)8-2/h7-10H2,1-6H3. The average molecular weight is 258 g/mol. The molecule has 0 bridgehead atoms. The zero-order chi connectivity index (χ0) is 14.4. The van der Waals surface area contributed by atoms with E-state index in [9.17, 15) is 9.59 Å². The Kier molecular flexibility index (Phi) is 6.36. The zero-order valence-electron chi connectivity index (χ0n) is 12.5. The Morgan fingerprint density at radius 1 is 0.778 bits per heavy atom. The second-order valence-electron chi connectivity index (χ2n) is 5.67. The molecular weight excluding hydrogens is 232 g/mol. The highest BCUT2D eigenvalue weighted by atomic mass is 16.6. The maximum Gasteiger partial charge on any atom is 0.306 e. The molecule has 0 N–H and O–H groups in total. The van der Waals surface area contributed by atoms with E-state index in [1.165, 1.54) is 0 Å². The van der Waals surface area contributed by atoms with Crippen molar-refractivity contribution in [1.82, 2.24) is 0 Å². The topological polar surface area (TPSA) is 52.6 Å². The number of rotatable bonds is 7. The molecule has 0 radical (unpaired) electrons. The normalized spacial score (nSPS) is 12.1. The van der Waals surface area contributed by atoms with Gasteiger partial charge in [-0.2, -0.15) is 0 Å². The molecule has 0 fully saturated rings. The van der Waals surface area contributed by atoms with Crippen molar-refractivity contribution in [2.75, 3.05) is 0 Å². The molecule has 0 aliphatic heterocycles. The van der Waals surface area contributed by atoms with Crippen molar-refractivity contribution in [2.45, 2.75) is 78.4 Å². The SMILES string of the molecule is CCC(C)(C)OC(=O)CCC(=O)OC(C)(C)CC. The van der Waals surface area contributed by atoms with Gasteiger partial charge in [-0.15, -0.1) is 0 Å². The van der Waals surface area contributed by atoms with Crippen LogP contribution in [0.15, 0.2) is 0 Å². The minimum atomic E-state index is -0.469. The van der Waals surface area contributed by atoms with Gasteiger partial charge in [-0.05, 0) is 40.5 Å². The van der Waals surface area contributed by atoms with Crippen LogP contribution in [0.2, 0.25) is 0 Å². The average Bonchev–Trinajstić information content (AvgIpc) is 2.25. The van der Waals surface area contributed by atoms with Crippen molar-refractivity contribution < 1.29 is 19.1 Å². The number of esters is 2. The summed E-state index contributed by atoms with van der Waals surface area (Å²) >= 11 is 0. The van der Waals surface area contributed by atoms with Crippen LogP contribution in [0.25, 0.3) is 0 Å². The van der Waals surface area contributed by atoms with E-state index >= 15 is 0 Å². The summed E-state index contributed by atoms with van der Waals surface area (Å²) in [6.45, 7) is 11.3.